The Morgan fingerprint density at radius 1 is 0.527 bits per heavy atom. The largest absolute Gasteiger partial charge is 0.454 e. The predicted molar refractivity (Wildman–Crippen MR) is 216 cm³/mol. The van der Waals surface area contributed by atoms with Gasteiger partial charge in [-0.25, -0.2) is 15.0 Å². The number of aromatic nitrogens is 4. The lowest BCUT2D eigenvalue weighted by Crippen LogP contribution is -2.12. The Hall–Kier alpha value is -6.84. The standard InChI is InChI=1S/C46H25F3N4OS/c47-46(48,49)33-25-32(45-51-43(26-13-3-1-4-14-26)50-44(52-45)27-15-5-2-6-16-27)38-30-18-8-11-21-35(30)54-42(38)41(33)53-34-20-10-7-17-28(34)29-23-24-37-39(40(29)53)31-19-9-12-22-36(31)55-37/h1-25H. The molecule has 4 heterocycles. The van der Waals surface area contributed by atoms with Crippen molar-refractivity contribution in [1.29, 1.82) is 0 Å². The number of para-hydroxylation sites is 2. The van der Waals surface area contributed by atoms with Crippen molar-refractivity contribution in [3.05, 3.63) is 157 Å². The molecule has 0 N–H and O–H groups in total. The number of benzene rings is 7. The summed E-state index contributed by atoms with van der Waals surface area (Å²) < 4.78 is 58.5. The van der Waals surface area contributed by atoms with Gasteiger partial charge in [0.15, 0.2) is 23.1 Å². The summed E-state index contributed by atoms with van der Waals surface area (Å²) in [4.78, 5) is 14.6. The van der Waals surface area contributed by atoms with Gasteiger partial charge in [-0.2, -0.15) is 13.2 Å². The Kier molecular flexibility index (Phi) is 6.81. The molecular formula is C46H25F3N4OS. The number of nitrogens with zero attached hydrogens (tertiary/aromatic N) is 4. The van der Waals surface area contributed by atoms with Gasteiger partial charge >= 0.3 is 6.18 Å². The lowest BCUT2D eigenvalue weighted by Gasteiger charge is -2.19. The van der Waals surface area contributed by atoms with E-state index < -0.39 is 11.7 Å². The van der Waals surface area contributed by atoms with Crippen molar-refractivity contribution in [2.24, 2.45) is 0 Å². The minimum Gasteiger partial charge on any atom is -0.454 e. The van der Waals surface area contributed by atoms with Crippen LogP contribution < -0.4 is 0 Å². The van der Waals surface area contributed by atoms with Gasteiger partial charge in [-0.15, -0.1) is 11.3 Å². The van der Waals surface area contributed by atoms with Crippen LogP contribution in [0.15, 0.2) is 156 Å². The first kappa shape index (κ1) is 31.7. The summed E-state index contributed by atoms with van der Waals surface area (Å²) in [7, 11) is 0. The summed E-state index contributed by atoms with van der Waals surface area (Å²) in [6.07, 6.45) is -4.81. The molecule has 0 aliphatic heterocycles. The zero-order valence-electron chi connectivity index (χ0n) is 28.7. The van der Waals surface area contributed by atoms with Gasteiger partial charge in [0.2, 0.25) is 0 Å². The van der Waals surface area contributed by atoms with Crippen LogP contribution in [0, 0.1) is 0 Å². The fourth-order valence-electron chi connectivity index (χ4n) is 7.93. The number of thiophene rings is 1. The van der Waals surface area contributed by atoms with Crippen molar-refractivity contribution < 1.29 is 17.6 Å². The molecule has 5 nitrogen and oxygen atoms in total. The van der Waals surface area contributed by atoms with E-state index in [4.69, 9.17) is 19.4 Å². The van der Waals surface area contributed by atoms with Crippen LogP contribution in [0.2, 0.25) is 0 Å². The molecule has 11 rings (SSSR count). The van der Waals surface area contributed by atoms with E-state index in [2.05, 4.69) is 6.07 Å². The van der Waals surface area contributed by atoms with Crippen LogP contribution in [0.5, 0.6) is 0 Å². The van der Waals surface area contributed by atoms with Crippen molar-refractivity contribution in [3.63, 3.8) is 0 Å². The van der Waals surface area contributed by atoms with Gasteiger partial charge in [0.05, 0.1) is 16.6 Å². The second kappa shape index (κ2) is 11.8. The van der Waals surface area contributed by atoms with Crippen LogP contribution in [0.4, 0.5) is 13.2 Å². The molecule has 0 aliphatic rings. The lowest BCUT2D eigenvalue weighted by molar-refractivity contribution is -0.137. The van der Waals surface area contributed by atoms with Crippen LogP contribution in [0.3, 0.4) is 0 Å². The van der Waals surface area contributed by atoms with E-state index in [1.54, 1.807) is 22.0 Å². The zero-order chi connectivity index (χ0) is 36.8. The smallest absolute Gasteiger partial charge is 0.418 e. The Labute approximate surface area is 314 Å². The third kappa shape index (κ3) is 4.83. The first-order chi connectivity index (χ1) is 26.9. The van der Waals surface area contributed by atoms with E-state index in [0.29, 0.717) is 50.2 Å². The molecule has 0 radical (unpaired) electrons. The third-order valence-corrected chi connectivity index (χ3v) is 11.4. The molecular weight excluding hydrogens is 714 g/mol. The summed E-state index contributed by atoms with van der Waals surface area (Å²) in [6.45, 7) is 0. The van der Waals surface area contributed by atoms with Gasteiger partial charge in [0.1, 0.15) is 11.3 Å². The second-order valence-electron chi connectivity index (χ2n) is 13.4. The quantitative estimate of drug-likeness (QED) is 0.180. The van der Waals surface area contributed by atoms with Crippen LogP contribution in [0.25, 0.3) is 104 Å². The first-order valence-corrected chi connectivity index (χ1v) is 18.5. The van der Waals surface area contributed by atoms with Crippen LogP contribution in [0.1, 0.15) is 5.56 Å². The first-order valence-electron chi connectivity index (χ1n) is 17.7. The van der Waals surface area contributed by atoms with Crippen molar-refractivity contribution >= 4 is 75.3 Å². The van der Waals surface area contributed by atoms with Gasteiger partial charge in [-0.1, -0.05) is 121 Å². The molecule has 262 valence electrons. The lowest BCUT2D eigenvalue weighted by atomic mass is 9.99. The van der Waals surface area contributed by atoms with Crippen molar-refractivity contribution in [3.8, 4) is 39.9 Å². The van der Waals surface area contributed by atoms with Gasteiger partial charge < -0.3 is 8.98 Å². The number of alkyl halides is 3. The molecule has 0 unspecified atom stereocenters. The molecule has 0 fully saturated rings. The highest BCUT2D eigenvalue weighted by Crippen LogP contribution is 2.50. The van der Waals surface area contributed by atoms with E-state index in [9.17, 15) is 0 Å². The fourth-order valence-corrected chi connectivity index (χ4v) is 9.04. The maximum absolute atomic E-state index is 16.0. The van der Waals surface area contributed by atoms with Crippen LogP contribution >= 0.6 is 11.3 Å². The minimum absolute atomic E-state index is 0.0861. The molecule has 0 aliphatic carbocycles. The summed E-state index contributed by atoms with van der Waals surface area (Å²) in [5, 5.41) is 4.70. The van der Waals surface area contributed by atoms with Crippen molar-refractivity contribution in [1.82, 2.24) is 19.5 Å². The van der Waals surface area contributed by atoms with Crippen LogP contribution in [-0.4, -0.2) is 19.5 Å². The highest BCUT2D eigenvalue weighted by atomic mass is 32.1. The average Bonchev–Trinajstić information content (AvgIpc) is 3.90. The average molecular weight is 739 g/mol. The van der Waals surface area contributed by atoms with Gasteiger partial charge in [-0.3, -0.25) is 0 Å². The highest BCUT2D eigenvalue weighted by molar-refractivity contribution is 7.26. The normalized spacial score (nSPS) is 12.3. The fraction of sp³-hybridized carbons (Fsp3) is 0.0217. The number of fused-ring (bicyclic) bond motifs is 10. The molecule has 55 heavy (non-hydrogen) atoms. The Balaban J connectivity index is 1.33. The topological polar surface area (TPSA) is 56.7 Å². The van der Waals surface area contributed by atoms with Gasteiger partial charge in [0.25, 0.3) is 0 Å². The van der Waals surface area contributed by atoms with Crippen molar-refractivity contribution in [2.75, 3.05) is 0 Å². The van der Waals surface area contributed by atoms with Gasteiger partial charge in [-0.05, 0) is 30.3 Å². The molecule has 9 heteroatoms. The Morgan fingerprint density at radius 3 is 1.84 bits per heavy atom. The van der Waals surface area contributed by atoms with Crippen LogP contribution in [-0.2, 0) is 6.18 Å². The number of halogens is 3. The Morgan fingerprint density at radius 2 is 1.13 bits per heavy atom. The molecule has 4 aromatic heterocycles. The summed E-state index contributed by atoms with van der Waals surface area (Å²) in [5.74, 6) is 0.795. The molecule has 11 aromatic rings. The van der Waals surface area contributed by atoms with E-state index in [1.807, 2.05) is 133 Å². The van der Waals surface area contributed by atoms with Crippen molar-refractivity contribution in [2.45, 2.75) is 6.18 Å². The van der Waals surface area contributed by atoms with E-state index in [0.717, 1.165) is 30.9 Å². The van der Waals surface area contributed by atoms with E-state index in [-0.39, 0.29) is 22.7 Å². The van der Waals surface area contributed by atoms with E-state index >= 15 is 13.2 Å². The maximum Gasteiger partial charge on any atom is 0.418 e. The minimum atomic E-state index is -4.81. The monoisotopic (exact) mass is 738 g/mol. The highest BCUT2D eigenvalue weighted by Gasteiger charge is 2.39. The molecule has 7 aromatic carbocycles. The predicted octanol–water partition coefficient (Wildman–Crippen LogP) is 13.3. The molecule has 0 saturated carbocycles. The zero-order valence-corrected chi connectivity index (χ0v) is 29.5. The summed E-state index contributed by atoms with van der Waals surface area (Å²) in [5.41, 5.74) is 2.53. The summed E-state index contributed by atoms with van der Waals surface area (Å²) in [6, 6.07) is 47.0. The molecule has 0 spiro atoms. The molecule has 0 amide bonds. The number of furan rings is 1. The third-order valence-electron chi connectivity index (χ3n) is 10.3. The number of rotatable bonds is 4. The number of hydrogen-bond acceptors (Lipinski definition) is 5. The maximum atomic E-state index is 16.0. The molecule has 0 atom stereocenters. The molecule has 0 saturated heterocycles. The molecule has 0 bridgehead atoms. The number of hydrogen-bond donors (Lipinski definition) is 0. The van der Waals surface area contributed by atoms with E-state index in [1.165, 1.54) is 6.07 Å². The second-order valence-corrected chi connectivity index (χ2v) is 14.5. The SMILES string of the molecule is FC(F)(F)c1cc(-c2nc(-c3ccccc3)nc(-c3ccccc3)n2)c2c(oc3ccccc32)c1-n1c2ccccc2c2ccc3sc4ccccc4c3c21. The summed E-state index contributed by atoms with van der Waals surface area (Å²) >= 11 is 1.62. The Bertz CT molecular complexity index is 3250. The van der Waals surface area contributed by atoms with Gasteiger partial charge in [0, 0.05) is 58.4 Å².